The van der Waals surface area contributed by atoms with E-state index in [4.69, 9.17) is 0 Å². The molecule has 1 amide bonds. The number of hydrogen-bond donors (Lipinski definition) is 1. The Kier molecular flexibility index (Phi) is 6.07. The van der Waals surface area contributed by atoms with Gasteiger partial charge in [0.25, 0.3) is 5.91 Å². The number of rotatable bonds is 7. The summed E-state index contributed by atoms with van der Waals surface area (Å²) in [4.78, 5) is 26.7. The highest BCUT2D eigenvalue weighted by Gasteiger charge is 2.50. The van der Waals surface area contributed by atoms with Gasteiger partial charge in [-0.1, -0.05) is 70.6 Å². The van der Waals surface area contributed by atoms with Crippen molar-refractivity contribution in [2.24, 2.45) is 0 Å². The number of anilines is 1. The summed E-state index contributed by atoms with van der Waals surface area (Å²) in [5.41, 5.74) is 0.155. The van der Waals surface area contributed by atoms with E-state index in [9.17, 15) is 14.7 Å². The Morgan fingerprint density at radius 1 is 1.18 bits per heavy atom. The van der Waals surface area contributed by atoms with E-state index < -0.39 is 11.5 Å². The van der Waals surface area contributed by atoms with Crippen LogP contribution in [0.4, 0.5) is 5.69 Å². The summed E-state index contributed by atoms with van der Waals surface area (Å²) in [6, 6.07) is 14.9. The van der Waals surface area contributed by atoms with Gasteiger partial charge in [0.15, 0.2) is 11.4 Å². The van der Waals surface area contributed by atoms with Crippen LogP contribution in [0.15, 0.2) is 83.9 Å². The Labute approximate surface area is 172 Å². The second kappa shape index (κ2) is 8.50. The third-order valence-electron chi connectivity index (χ3n) is 4.52. The van der Waals surface area contributed by atoms with Crippen molar-refractivity contribution in [1.29, 1.82) is 0 Å². The Balaban J connectivity index is 1.78. The second-order valence-corrected chi connectivity index (χ2v) is 7.41. The number of halogens is 1. The second-order valence-electron chi connectivity index (χ2n) is 6.50. The van der Waals surface area contributed by atoms with Gasteiger partial charge in [0.1, 0.15) is 0 Å². The number of carbonyl (C=O) groups excluding carboxylic acids is 2. The highest BCUT2D eigenvalue weighted by Crippen LogP contribution is 2.43. The predicted molar refractivity (Wildman–Crippen MR) is 115 cm³/mol. The summed E-state index contributed by atoms with van der Waals surface area (Å²) >= 11 is 3.37. The van der Waals surface area contributed by atoms with Crippen molar-refractivity contribution in [1.82, 2.24) is 0 Å². The quantitative estimate of drug-likeness (QED) is 0.396. The number of ketones is 1. The van der Waals surface area contributed by atoms with Gasteiger partial charge in [-0.15, -0.1) is 6.58 Å². The van der Waals surface area contributed by atoms with Crippen LogP contribution in [0.1, 0.15) is 17.5 Å². The minimum atomic E-state index is -1.88. The van der Waals surface area contributed by atoms with E-state index in [2.05, 4.69) is 22.5 Å². The molecule has 0 saturated heterocycles. The topological polar surface area (TPSA) is 57.6 Å². The minimum absolute atomic E-state index is 0.264. The first-order valence-electron chi connectivity index (χ1n) is 8.83. The lowest BCUT2D eigenvalue weighted by molar-refractivity contribution is -0.140. The summed E-state index contributed by atoms with van der Waals surface area (Å²) in [6.07, 6.45) is 7.88. The number of fused-ring (bicyclic) bond motifs is 1. The van der Waals surface area contributed by atoms with Crippen molar-refractivity contribution < 1.29 is 14.7 Å². The standard InChI is InChI=1S/C23H20BrNO3/c1-2-14-25-21-13-12-18(24)15-20(21)23(28,22(25)27)16-19(26)11-7-6-10-17-8-4-3-5-9-17/h2-13,15,28H,1,14,16H2. The van der Waals surface area contributed by atoms with Crippen LogP contribution < -0.4 is 4.90 Å². The average molecular weight is 438 g/mol. The molecule has 1 heterocycles. The summed E-state index contributed by atoms with van der Waals surface area (Å²) in [6.45, 7) is 3.93. The van der Waals surface area contributed by atoms with Crippen LogP contribution >= 0.6 is 15.9 Å². The number of nitrogens with zero attached hydrogens (tertiary/aromatic N) is 1. The molecule has 1 atom stereocenters. The van der Waals surface area contributed by atoms with Crippen LogP contribution in [0.3, 0.4) is 0 Å². The van der Waals surface area contributed by atoms with Gasteiger partial charge in [0, 0.05) is 16.6 Å². The largest absolute Gasteiger partial charge is 0.375 e. The van der Waals surface area contributed by atoms with Crippen molar-refractivity contribution in [3.05, 3.63) is 95.0 Å². The molecule has 5 heteroatoms. The maximum absolute atomic E-state index is 12.9. The van der Waals surface area contributed by atoms with Gasteiger partial charge in [0.2, 0.25) is 0 Å². The minimum Gasteiger partial charge on any atom is -0.375 e. The molecule has 0 saturated carbocycles. The van der Waals surface area contributed by atoms with E-state index in [-0.39, 0.29) is 18.7 Å². The van der Waals surface area contributed by atoms with E-state index in [0.717, 1.165) is 10.0 Å². The number of aliphatic hydroxyl groups is 1. The number of allylic oxidation sites excluding steroid dienone is 3. The molecule has 0 radical (unpaired) electrons. The predicted octanol–water partition coefficient (Wildman–Crippen LogP) is 4.40. The third kappa shape index (κ3) is 4.06. The van der Waals surface area contributed by atoms with E-state index in [1.165, 1.54) is 11.0 Å². The zero-order chi connectivity index (χ0) is 20.1. The first-order valence-corrected chi connectivity index (χ1v) is 9.63. The fourth-order valence-electron chi connectivity index (χ4n) is 3.21. The van der Waals surface area contributed by atoms with E-state index in [1.807, 2.05) is 36.4 Å². The first kappa shape index (κ1) is 20.0. The van der Waals surface area contributed by atoms with Crippen molar-refractivity contribution in [3.8, 4) is 0 Å². The molecule has 0 fully saturated rings. The van der Waals surface area contributed by atoms with Crippen LogP contribution in [0, 0.1) is 0 Å². The molecular formula is C23H20BrNO3. The number of carbonyl (C=O) groups is 2. The summed E-state index contributed by atoms with van der Waals surface area (Å²) in [5.74, 6) is -0.845. The van der Waals surface area contributed by atoms with Crippen molar-refractivity contribution in [3.63, 3.8) is 0 Å². The molecule has 0 bridgehead atoms. The van der Waals surface area contributed by atoms with Crippen LogP contribution in [0.5, 0.6) is 0 Å². The van der Waals surface area contributed by atoms with Gasteiger partial charge >= 0.3 is 0 Å². The monoisotopic (exact) mass is 437 g/mol. The lowest BCUT2D eigenvalue weighted by Crippen LogP contribution is -2.41. The Morgan fingerprint density at radius 2 is 1.93 bits per heavy atom. The first-order chi connectivity index (χ1) is 13.5. The maximum Gasteiger partial charge on any atom is 0.264 e. The van der Waals surface area contributed by atoms with E-state index in [0.29, 0.717) is 11.3 Å². The fraction of sp³-hybridized carbons (Fsp3) is 0.130. The Hall–Kier alpha value is -2.76. The zero-order valence-corrected chi connectivity index (χ0v) is 16.8. The van der Waals surface area contributed by atoms with Crippen LogP contribution in [-0.2, 0) is 15.2 Å². The summed E-state index contributed by atoms with van der Waals surface area (Å²) < 4.78 is 0.728. The fourth-order valence-corrected chi connectivity index (χ4v) is 3.57. The number of amides is 1. The lowest BCUT2D eigenvalue weighted by atomic mass is 9.90. The molecule has 1 N–H and O–H groups in total. The third-order valence-corrected chi connectivity index (χ3v) is 5.01. The molecule has 0 spiro atoms. The molecule has 28 heavy (non-hydrogen) atoms. The van der Waals surface area contributed by atoms with Gasteiger partial charge in [-0.2, -0.15) is 0 Å². The molecule has 142 valence electrons. The molecule has 3 rings (SSSR count). The van der Waals surface area contributed by atoms with Crippen LogP contribution in [-0.4, -0.2) is 23.3 Å². The highest BCUT2D eigenvalue weighted by atomic mass is 79.9. The Bertz CT molecular complexity index is 965. The molecule has 1 aliphatic heterocycles. The van der Waals surface area contributed by atoms with Crippen molar-refractivity contribution in [2.75, 3.05) is 11.4 Å². The van der Waals surface area contributed by atoms with Crippen molar-refractivity contribution in [2.45, 2.75) is 12.0 Å². The molecule has 1 aliphatic rings. The SMILES string of the molecule is C=CCN1C(=O)C(O)(CC(=O)C=CC=Cc2ccccc2)c2cc(Br)ccc21. The molecule has 2 aromatic carbocycles. The molecule has 2 aromatic rings. The zero-order valence-electron chi connectivity index (χ0n) is 15.2. The molecule has 4 nitrogen and oxygen atoms in total. The molecular weight excluding hydrogens is 418 g/mol. The van der Waals surface area contributed by atoms with Gasteiger partial charge in [-0.05, 0) is 29.8 Å². The molecule has 1 unspecified atom stereocenters. The number of hydrogen-bond acceptors (Lipinski definition) is 3. The highest BCUT2D eigenvalue weighted by molar-refractivity contribution is 9.10. The average Bonchev–Trinajstić information content (AvgIpc) is 2.88. The van der Waals surface area contributed by atoms with Gasteiger partial charge in [-0.25, -0.2) is 0 Å². The van der Waals surface area contributed by atoms with Gasteiger partial charge in [-0.3, -0.25) is 9.59 Å². The van der Waals surface area contributed by atoms with Crippen LogP contribution in [0.2, 0.25) is 0 Å². The summed E-state index contributed by atoms with van der Waals surface area (Å²) in [5, 5.41) is 11.1. The molecule has 0 aliphatic carbocycles. The van der Waals surface area contributed by atoms with Gasteiger partial charge in [0.05, 0.1) is 12.1 Å². The van der Waals surface area contributed by atoms with E-state index >= 15 is 0 Å². The van der Waals surface area contributed by atoms with Crippen molar-refractivity contribution >= 4 is 39.4 Å². The number of benzene rings is 2. The summed E-state index contributed by atoms with van der Waals surface area (Å²) in [7, 11) is 0. The van der Waals surface area contributed by atoms with Crippen LogP contribution in [0.25, 0.3) is 6.08 Å². The molecule has 0 aromatic heterocycles. The Morgan fingerprint density at radius 3 is 2.64 bits per heavy atom. The normalized spacial score (nSPS) is 18.8. The van der Waals surface area contributed by atoms with E-state index in [1.54, 1.807) is 36.4 Å². The maximum atomic E-state index is 12.9. The van der Waals surface area contributed by atoms with Gasteiger partial charge < -0.3 is 10.0 Å². The smallest absolute Gasteiger partial charge is 0.264 e. The lowest BCUT2D eigenvalue weighted by Gasteiger charge is -2.21.